The van der Waals surface area contributed by atoms with Crippen LogP contribution in [0.1, 0.15) is 31.6 Å². The summed E-state index contributed by atoms with van der Waals surface area (Å²) < 4.78 is 43.6. The average molecular weight is 541 g/mol. The standard InChI is InChI=1S/C27H32N4O6S/c1-35-21-8-6-20(7-9-21)26-28-24(37-29-26)10-11-25(32)30-15-12-27(19-30)13-16-31(17-14-27)38(33,34)23-5-3-4-22(18-23)36-2/h3-9,18H,10-17,19H2,1-2H3. The summed E-state index contributed by atoms with van der Waals surface area (Å²) in [6.45, 7) is 2.22. The summed E-state index contributed by atoms with van der Waals surface area (Å²) >= 11 is 0. The van der Waals surface area contributed by atoms with Gasteiger partial charge in [0, 0.05) is 50.7 Å². The Labute approximate surface area is 222 Å². The molecule has 1 spiro atoms. The second kappa shape index (κ2) is 10.7. The van der Waals surface area contributed by atoms with Gasteiger partial charge in [-0.2, -0.15) is 9.29 Å². The van der Waals surface area contributed by atoms with Crippen molar-refractivity contribution in [2.75, 3.05) is 40.4 Å². The number of aryl methyl sites for hydroxylation is 1. The molecule has 2 saturated heterocycles. The van der Waals surface area contributed by atoms with E-state index in [1.54, 1.807) is 35.7 Å². The van der Waals surface area contributed by atoms with Crippen molar-refractivity contribution in [2.24, 2.45) is 5.41 Å². The Kier molecular flexibility index (Phi) is 7.40. The van der Waals surface area contributed by atoms with Crippen LogP contribution >= 0.6 is 0 Å². The number of hydrogen-bond acceptors (Lipinski definition) is 8. The fraction of sp³-hybridized carbons (Fsp3) is 0.444. The molecular weight excluding hydrogens is 508 g/mol. The fourth-order valence-electron chi connectivity index (χ4n) is 5.25. The first kappa shape index (κ1) is 26.2. The van der Waals surface area contributed by atoms with Crippen LogP contribution in [0.5, 0.6) is 11.5 Å². The lowest BCUT2D eigenvalue weighted by Crippen LogP contribution is -2.44. The van der Waals surface area contributed by atoms with Gasteiger partial charge in [0.2, 0.25) is 27.6 Å². The number of benzene rings is 2. The molecule has 0 radical (unpaired) electrons. The van der Waals surface area contributed by atoms with Crippen LogP contribution in [0.4, 0.5) is 0 Å². The van der Waals surface area contributed by atoms with Gasteiger partial charge in [-0.15, -0.1) is 0 Å². The van der Waals surface area contributed by atoms with Gasteiger partial charge in [-0.05, 0) is 61.1 Å². The molecule has 3 heterocycles. The first-order valence-electron chi connectivity index (χ1n) is 12.7. The van der Waals surface area contributed by atoms with Crippen LogP contribution < -0.4 is 9.47 Å². The Bertz CT molecular complexity index is 1380. The predicted molar refractivity (Wildman–Crippen MR) is 139 cm³/mol. The van der Waals surface area contributed by atoms with Crippen LogP contribution in [0, 0.1) is 5.41 Å². The monoisotopic (exact) mass is 540 g/mol. The number of carbonyl (C=O) groups excluding carboxylic acids is 1. The zero-order valence-corrected chi connectivity index (χ0v) is 22.4. The SMILES string of the molecule is COc1ccc(-c2noc(CCC(=O)N3CCC4(CCN(S(=O)(=O)c5cccc(OC)c5)CC4)C3)n2)cc1. The van der Waals surface area contributed by atoms with Crippen molar-refractivity contribution in [1.29, 1.82) is 0 Å². The van der Waals surface area contributed by atoms with Crippen molar-refractivity contribution in [2.45, 2.75) is 37.0 Å². The van der Waals surface area contributed by atoms with Gasteiger partial charge in [0.1, 0.15) is 11.5 Å². The van der Waals surface area contributed by atoms with E-state index in [1.165, 1.54) is 7.11 Å². The number of rotatable bonds is 8. The molecule has 10 nitrogen and oxygen atoms in total. The van der Waals surface area contributed by atoms with E-state index in [9.17, 15) is 13.2 Å². The Morgan fingerprint density at radius 2 is 1.71 bits per heavy atom. The summed E-state index contributed by atoms with van der Waals surface area (Å²) in [5.74, 6) is 2.22. The van der Waals surface area contributed by atoms with Crippen LogP contribution in [0.3, 0.4) is 0 Å². The van der Waals surface area contributed by atoms with Crippen LogP contribution in [0.2, 0.25) is 0 Å². The molecule has 2 aliphatic rings. The van der Waals surface area contributed by atoms with Crippen molar-refractivity contribution in [1.82, 2.24) is 19.3 Å². The predicted octanol–water partition coefficient (Wildman–Crippen LogP) is 3.39. The smallest absolute Gasteiger partial charge is 0.243 e. The molecule has 2 aliphatic heterocycles. The largest absolute Gasteiger partial charge is 0.497 e. The molecular formula is C27H32N4O6S. The Morgan fingerprint density at radius 3 is 2.42 bits per heavy atom. The second-order valence-electron chi connectivity index (χ2n) is 9.89. The molecule has 3 aromatic rings. The summed E-state index contributed by atoms with van der Waals surface area (Å²) in [5.41, 5.74) is 0.774. The molecule has 38 heavy (non-hydrogen) atoms. The normalized spacial score (nSPS) is 17.6. The highest BCUT2D eigenvalue weighted by molar-refractivity contribution is 7.89. The number of sulfonamides is 1. The van der Waals surface area contributed by atoms with Gasteiger partial charge in [-0.25, -0.2) is 8.42 Å². The number of hydrogen-bond donors (Lipinski definition) is 0. The second-order valence-corrected chi connectivity index (χ2v) is 11.8. The Hall–Kier alpha value is -3.44. The zero-order valence-electron chi connectivity index (χ0n) is 21.6. The molecule has 2 fully saturated rings. The van der Waals surface area contributed by atoms with Gasteiger partial charge in [0.15, 0.2) is 0 Å². The molecule has 11 heteroatoms. The van der Waals surface area contributed by atoms with E-state index in [4.69, 9.17) is 14.0 Å². The number of nitrogens with zero attached hydrogens (tertiary/aromatic N) is 4. The van der Waals surface area contributed by atoms with Gasteiger partial charge >= 0.3 is 0 Å². The molecule has 0 atom stereocenters. The molecule has 0 N–H and O–H groups in total. The number of likely N-dealkylation sites (tertiary alicyclic amines) is 1. The lowest BCUT2D eigenvalue weighted by molar-refractivity contribution is -0.130. The molecule has 1 amide bonds. The van der Waals surface area contributed by atoms with Crippen LogP contribution in [-0.2, 0) is 21.2 Å². The number of methoxy groups -OCH3 is 2. The van der Waals surface area contributed by atoms with E-state index in [1.807, 2.05) is 29.2 Å². The summed E-state index contributed by atoms with van der Waals surface area (Å²) in [5, 5.41) is 4.03. The van der Waals surface area contributed by atoms with E-state index < -0.39 is 10.0 Å². The number of aromatic nitrogens is 2. The van der Waals surface area contributed by atoms with E-state index in [0.717, 1.165) is 30.6 Å². The quantitative estimate of drug-likeness (QED) is 0.427. The van der Waals surface area contributed by atoms with E-state index >= 15 is 0 Å². The van der Waals surface area contributed by atoms with Crippen molar-refractivity contribution in [3.8, 4) is 22.9 Å². The Morgan fingerprint density at radius 1 is 1.00 bits per heavy atom. The van der Waals surface area contributed by atoms with Gasteiger partial charge in [-0.3, -0.25) is 4.79 Å². The molecule has 2 aromatic carbocycles. The van der Waals surface area contributed by atoms with Crippen LogP contribution in [0.25, 0.3) is 11.4 Å². The van der Waals surface area contributed by atoms with E-state index in [2.05, 4.69) is 10.1 Å². The van der Waals surface area contributed by atoms with Gasteiger partial charge < -0.3 is 18.9 Å². The van der Waals surface area contributed by atoms with Crippen molar-refractivity contribution in [3.05, 3.63) is 54.4 Å². The summed E-state index contributed by atoms with van der Waals surface area (Å²) in [6, 6.07) is 13.9. The highest BCUT2D eigenvalue weighted by Crippen LogP contribution is 2.41. The average Bonchev–Trinajstić information content (AvgIpc) is 3.60. The molecule has 0 aliphatic carbocycles. The number of piperidine rings is 1. The first-order chi connectivity index (χ1) is 18.3. The molecule has 1 aromatic heterocycles. The molecule has 0 saturated carbocycles. The number of carbonyl (C=O) groups is 1. The molecule has 5 rings (SSSR count). The van der Waals surface area contributed by atoms with Gasteiger partial charge in [0.25, 0.3) is 0 Å². The number of amides is 1. The minimum absolute atomic E-state index is 0.0396. The van der Waals surface area contributed by atoms with Crippen LogP contribution in [-0.4, -0.2) is 74.1 Å². The lowest BCUT2D eigenvalue weighted by atomic mass is 9.78. The van der Waals surface area contributed by atoms with Crippen LogP contribution in [0.15, 0.2) is 57.9 Å². The van der Waals surface area contributed by atoms with E-state index in [-0.39, 0.29) is 22.6 Å². The molecule has 202 valence electrons. The zero-order chi connectivity index (χ0) is 26.8. The minimum atomic E-state index is -3.59. The van der Waals surface area contributed by atoms with E-state index in [0.29, 0.717) is 50.1 Å². The first-order valence-corrected chi connectivity index (χ1v) is 14.1. The summed E-state index contributed by atoms with van der Waals surface area (Å²) in [6.07, 6.45) is 3.01. The summed E-state index contributed by atoms with van der Waals surface area (Å²) in [4.78, 5) is 19.5. The minimum Gasteiger partial charge on any atom is -0.497 e. The van der Waals surface area contributed by atoms with Crippen molar-refractivity contribution in [3.63, 3.8) is 0 Å². The Balaban J connectivity index is 1.13. The highest BCUT2D eigenvalue weighted by Gasteiger charge is 2.44. The van der Waals surface area contributed by atoms with Crippen molar-refractivity contribution < 1.29 is 27.2 Å². The topological polar surface area (TPSA) is 115 Å². The number of ether oxygens (including phenoxy) is 2. The fourth-order valence-corrected chi connectivity index (χ4v) is 6.73. The third-order valence-corrected chi connectivity index (χ3v) is 9.52. The highest BCUT2D eigenvalue weighted by atomic mass is 32.2. The molecule has 0 unspecified atom stereocenters. The van der Waals surface area contributed by atoms with Crippen molar-refractivity contribution >= 4 is 15.9 Å². The maximum Gasteiger partial charge on any atom is 0.243 e. The maximum atomic E-state index is 13.2. The van der Waals surface area contributed by atoms with Gasteiger partial charge in [-0.1, -0.05) is 11.2 Å². The lowest BCUT2D eigenvalue weighted by Gasteiger charge is -2.38. The van der Waals surface area contributed by atoms with Gasteiger partial charge in [0.05, 0.1) is 19.1 Å². The molecule has 0 bridgehead atoms. The third kappa shape index (κ3) is 5.39. The third-order valence-electron chi connectivity index (χ3n) is 7.62. The summed E-state index contributed by atoms with van der Waals surface area (Å²) in [7, 11) is -0.460. The maximum absolute atomic E-state index is 13.2.